The molecule has 2 aliphatic carbocycles. The van der Waals surface area contributed by atoms with Gasteiger partial charge in [-0.15, -0.1) is 0 Å². The number of aromatic nitrogens is 2. The standard InChI is InChI=1S/C16H26N4O/c1-9-11(17)12(20(5)19-9)13(21)18-14-15(2,3)10-6-7-16(14,4)8-10/h10,14H,6-8,17H2,1-5H3,(H,18,21). The van der Waals surface area contributed by atoms with Crippen LogP contribution >= 0.6 is 0 Å². The summed E-state index contributed by atoms with van der Waals surface area (Å²) >= 11 is 0. The molecule has 0 saturated heterocycles. The number of amides is 1. The second-order valence-corrected chi connectivity index (χ2v) is 7.79. The summed E-state index contributed by atoms with van der Waals surface area (Å²) in [6.07, 6.45) is 3.69. The van der Waals surface area contributed by atoms with Crippen LogP contribution < -0.4 is 11.1 Å². The third-order valence-corrected chi connectivity index (χ3v) is 6.03. The van der Waals surface area contributed by atoms with Crippen molar-refractivity contribution in [1.29, 1.82) is 0 Å². The van der Waals surface area contributed by atoms with Crippen molar-refractivity contribution < 1.29 is 4.79 Å². The van der Waals surface area contributed by atoms with Crippen LogP contribution in [0.2, 0.25) is 0 Å². The third kappa shape index (κ3) is 1.89. The van der Waals surface area contributed by atoms with Crippen molar-refractivity contribution in [2.24, 2.45) is 23.8 Å². The van der Waals surface area contributed by atoms with Crippen LogP contribution in [0, 0.1) is 23.7 Å². The number of aryl methyl sites for hydroxylation is 2. The van der Waals surface area contributed by atoms with E-state index in [1.807, 2.05) is 6.92 Å². The molecule has 0 aromatic carbocycles. The Morgan fingerprint density at radius 3 is 2.57 bits per heavy atom. The predicted molar refractivity (Wildman–Crippen MR) is 82.8 cm³/mol. The van der Waals surface area contributed by atoms with Crippen LogP contribution in [0.3, 0.4) is 0 Å². The molecule has 3 atom stereocenters. The normalized spacial score (nSPS) is 33.4. The lowest BCUT2D eigenvalue weighted by Gasteiger charge is -2.43. The lowest BCUT2D eigenvalue weighted by molar-refractivity contribution is 0.0730. The molecule has 0 radical (unpaired) electrons. The molecule has 1 amide bonds. The van der Waals surface area contributed by atoms with Gasteiger partial charge < -0.3 is 11.1 Å². The molecule has 3 rings (SSSR count). The molecular weight excluding hydrogens is 264 g/mol. The summed E-state index contributed by atoms with van der Waals surface area (Å²) in [4.78, 5) is 12.7. The summed E-state index contributed by atoms with van der Waals surface area (Å²) in [6.45, 7) is 8.70. The molecule has 2 aliphatic rings. The van der Waals surface area contributed by atoms with Gasteiger partial charge >= 0.3 is 0 Å². The zero-order chi connectivity index (χ0) is 15.6. The van der Waals surface area contributed by atoms with Gasteiger partial charge in [-0.2, -0.15) is 5.10 Å². The van der Waals surface area contributed by atoms with Gasteiger partial charge in [0.15, 0.2) is 0 Å². The van der Waals surface area contributed by atoms with E-state index in [2.05, 4.69) is 31.2 Å². The van der Waals surface area contributed by atoms with Crippen molar-refractivity contribution in [3.05, 3.63) is 11.4 Å². The van der Waals surface area contributed by atoms with Crippen LogP contribution in [-0.4, -0.2) is 21.7 Å². The van der Waals surface area contributed by atoms with Crippen molar-refractivity contribution in [3.63, 3.8) is 0 Å². The van der Waals surface area contributed by atoms with E-state index >= 15 is 0 Å². The van der Waals surface area contributed by atoms with Crippen LogP contribution in [-0.2, 0) is 7.05 Å². The first-order valence-electron chi connectivity index (χ1n) is 7.77. The molecule has 1 aromatic heterocycles. The number of hydrogen-bond acceptors (Lipinski definition) is 3. The largest absolute Gasteiger partial charge is 0.395 e. The Balaban J connectivity index is 1.88. The quantitative estimate of drug-likeness (QED) is 0.877. The van der Waals surface area contributed by atoms with Crippen LogP contribution in [0.1, 0.15) is 56.2 Å². The Bertz CT molecular complexity index is 599. The summed E-state index contributed by atoms with van der Waals surface area (Å²) < 4.78 is 1.59. The number of carbonyl (C=O) groups excluding carboxylic acids is 1. The van der Waals surface area contributed by atoms with Crippen molar-refractivity contribution in [1.82, 2.24) is 15.1 Å². The summed E-state index contributed by atoms with van der Waals surface area (Å²) in [5.74, 6) is 0.612. The van der Waals surface area contributed by atoms with Crippen molar-refractivity contribution in [2.45, 2.75) is 53.0 Å². The van der Waals surface area contributed by atoms with E-state index in [1.54, 1.807) is 11.7 Å². The second kappa shape index (κ2) is 4.24. The summed E-state index contributed by atoms with van der Waals surface area (Å²) in [5.41, 5.74) is 8.05. The Kier molecular flexibility index (Phi) is 2.91. The van der Waals surface area contributed by atoms with Crippen molar-refractivity contribution in [3.8, 4) is 0 Å². The molecule has 0 spiro atoms. The maximum absolute atomic E-state index is 12.7. The minimum Gasteiger partial charge on any atom is -0.395 e. The summed E-state index contributed by atoms with van der Waals surface area (Å²) in [5, 5.41) is 7.51. The van der Waals surface area contributed by atoms with E-state index in [0.29, 0.717) is 23.0 Å². The SMILES string of the molecule is Cc1nn(C)c(C(=O)NC2C3(C)CCC(C3)C2(C)C)c1N. The smallest absolute Gasteiger partial charge is 0.271 e. The first-order chi connectivity index (χ1) is 9.67. The molecule has 5 nitrogen and oxygen atoms in total. The Morgan fingerprint density at radius 1 is 1.43 bits per heavy atom. The molecule has 1 heterocycles. The number of nitrogens with one attached hydrogen (secondary N) is 1. The van der Waals surface area contributed by atoms with Crippen molar-refractivity contribution >= 4 is 11.6 Å². The second-order valence-electron chi connectivity index (χ2n) is 7.79. The molecule has 3 N–H and O–H groups in total. The molecule has 2 bridgehead atoms. The highest BCUT2D eigenvalue weighted by molar-refractivity contribution is 5.98. The van der Waals surface area contributed by atoms with E-state index in [4.69, 9.17) is 5.73 Å². The number of nitrogens with zero attached hydrogens (tertiary/aromatic N) is 2. The van der Waals surface area contributed by atoms with Gasteiger partial charge in [0.25, 0.3) is 5.91 Å². The fraction of sp³-hybridized carbons (Fsp3) is 0.750. The van der Waals surface area contributed by atoms with E-state index in [9.17, 15) is 4.79 Å². The average Bonchev–Trinajstić information content (AvgIpc) is 2.94. The molecule has 3 unspecified atom stereocenters. The highest BCUT2D eigenvalue weighted by Crippen LogP contribution is 2.62. The first kappa shape index (κ1) is 14.4. The minimum absolute atomic E-state index is 0.0950. The van der Waals surface area contributed by atoms with E-state index in [-0.39, 0.29) is 22.8 Å². The molecule has 2 fully saturated rings. The maximum atomic E-state index is 12.7. The van der Waals surface area contributed by atoms with Gasteiger partial charge in [0.1, 0.15) is 5.69 Å². The summed E-state index contributed by atoms with van der Waals surface area (Å²) in [6, 6.07) is 0.200. The zero-order valence-electron chi connectivity index (χ0n) is 13.7. The maximum Gasteiger partial charge on any atom is 0.271 e. The minimum atomic E-state index is -0.0950. The fourth-order valence-electron chi connectivity index (χ4n) is 4.81. The number of hydrogen-bond donors (Lipinski definition) is 2. The average molecular weight is 290 g/mol. The summed E-state index contributed by atoms with van der Waals surface area (Å²) in [7, 11) is 1.77. The monoisotopic (exact) mass is 290 g/mol. The van der Waals surface area contributed by atoms with Crippen molar-refractivity contribution in [2.75, 3.05) is 5.73 Å². The lowest BCUT2D eigenvalue weighted by Crippen LogP contribution is -2.52. The molecule has 2 saturated carbocycles. The first-order valence-corrected chi connectivity index (χ1v) is 7.77. The van der Waals surface area contributed by atoms with Gasteiger partial charge in [-0.25, -0.2) is 0 Å². The van der Waals surface area contributed by atoms with Gasteiger partial charge in [0.2, 0.25) is 0 Å². The number of nitrogen functional groups attached to an aromatic ring is 1. The van der Waals surface area contributed by atoms with Gasteiger partial charge in [0.05, 0.1) is 11.4 Å². The lowest BCUT2D eigenvalue weighted by atomic mass is 9.68. The molecular formula is C16H26N4O. The van der Waals surface area contributed by atoms with E-state index < -0.39 is 0 Å². The molecule has 116 valence electrons. The highest BCUT2D eigenvalue weighted by atomic mass is 16.2. The Labute approximate surface area is 126 Å². The molecule has 1 aromatic rings. The highest BCUT2D eigenvalue weighted by Gasteiger charge is 2.59. The number of nitrogens with two attached hydrogens (primary N) is 1. The fourth-order valence-corrected chi connectivity index (χ4v) is 4.81. The van der Waals surface area contributed by atoms with Crippen LogP contribution in [0.5, 0.6) is 0 Å². The van der Waals surface area contributed by atoms with Gasteiger partial charge in [-0.05, 0) is 42.9 Å². The zero-order valence-corrected chi connectivity index (χ0v) is 13.7. The van der Waals surface area contributed by atoms with E-state index in [1.165, 1.54) is 19.3 Å². The van der Waals surface area contributed by atoms with E-state index in [0.717, 1.165) is 0 Å². The molecule has 0 aliphatic heterocycles. The number of anilines is 1. The third-order valence-electron chi connectivity index (χ3n) is 6.03. The van der Waals surface area contributed by atoms with Gasteiger partial charge in [-0.3, -0.25) is 9.48 Å². The molecule has 21 heavy (non-hydrogen) atoms. The number of fused-ring (bicyclic) bond motifs is 2. The van der Waals surface area contributed by atoms with Crippen LogP contribution in [0.25, 0.3) is 0 Å². The van der Waals surface area contributed by atoms with Gasteiger partial charge in [0, 0.05) is 13.1 Å². The van der Waals surface area contributed by atoms with Crippen LogP contribution in [0.4, 0.5) is 5.69 Å². The number of carbonyl (C=O) groups is 1. The Hall–Kier alpha value is -1.52. The molecule has 5 heteroatoms. The Morgan fingerprint density at radius 2 is 2.10 bits per heavy atom. The van der Waals surface area contributed by atoms with Crippen LogP contribution in [0.15, 0.2) is 0 Å². The predicted octanol–water partition coefficient (Wildman–Crippen LogP) is 2.26. The van der Waals surface area contributed by atoms with Gasteiger partial charge in [-0.1, -0.05) is 20.8 Å². The number of rotatable bonds is 2. The topological polar surface area (TPSA) is 72.9 Å².